The van der Waals surface area contributed by atoms with Crippen LogP contribution in [0, 0.1) is 6.92 Å². The molecule has 0 bridgehead atoms. The van der Waals surface area contributed by atoms with Gasteiger partial charge in [-0.1, -0.05) is 54.6 Å². The van der Waals surface area contributed by atoms with Crippen molar-refractivity contribution in [3.8, 4) is 0 Å². The van der Waals surface area contributed by atoms with E-state index in [1.54, 1.807) is 36.5 Å². The summed E-state index contributed by atoms with van der Waals surface area (Å²) in [6.45, 7) is 1.88. The van der Waals surface area contributed by atoms with Crippen molar-refractivity contribution in [3.63, 3.8) is 0 Å². The van der Waals surface area contributed by atoms with Crippen LogP contribution in [0.3, 0.4) is 0 Å². The normalized spacial score (nSPS) is 10.7. The van der Waals surface area contributed by atoms with Crippen LogP contribution in [0.2, 0.25) is 0 Å². The van der Waals surface area contributed by atoms with Crippen LogP contribution in [0.1, 0.15) is 38.3 Å². The number of rotatable bonds is 7. The molecule has 29 heavy (non-hydrogen) atoms. The summed E-state index contributed by atoms with van der Waals surface area (Å²) in [6, 6.07) is 24.2. The van der Waals surface area contributed by atoms with Crippen LogP contribution in [-0.4, -0.2) is 18.0 Å². The lowest BCUT2D eigenvalue weighted by molar-refractivity contribution is 0.0953. The van der Waals surface area contributed by atoms with E-state index in [0.717, 1.165) is 18.4 Å². The van der Waals surface area contributed by atoms with E-state index in [0.29, 0.717) is 16.8 Å². The van der Waals surface area contributed by atoms with Crippen LogP contribution < -0.4 is 10.7 Å². The van der Waals surface area contributed by atoms with E-state index in [9.17, 15) is 9.59 Å². The van der Waals surface area contributed by atoms with Gasteiger partial charge in [0.2, 0.25) is 0 Å². The Kier molecular flexibility index (Phi) is 6.90. The standard InChI is InChI=1S/C24H23N3O2/c1-18-9-5-6-15-22(18)24(29)26-21-14-7-13-20(17-21)23(28)27-25-16-8-12-19-10-3-2-4-11-19/h2-7,9-11,13-17H,8,12H2,1H3,(H,26,29)(H,27,28)/b25-16+. The van der Waals surface area contributed by atoms with Gasteiger partial charge in [0, 0.05) is 23.0 Å². The molecule has 2 N–H and O–H groups in total. The molecule has 0 heterocycles. The number of nitrogens with one attached hydrogen (secondary N) is 2. The second-order valence-electron chi connectivity index (χ2n) is 6.63. The van der Waals surface area contributed by atoms with Crippen molar-refractivity contribution in [1.29, 1.82) is 0 Å². The molecule has 0 aliphatic heterocycles. The third-order valence-electron chi connectivity index (χ3n) is 4.43. The second-order valence-corrected chi connectivity index (χ2v) is 6.63. The number of hydrogen-bond donors (Lipinski definition) is 2. The van der Waals surface area contributed by atoms with E-state index in [1.165, 1.54) is 5.56 Å². The van der Waals surface area contributed by atoms with Crippen molar-refractivity contribution in [2.24, 2.45) is 5.10 Å². The first kappa shape index (κ1) is 20.0. The average molecular weight is 385 g/mol. The molecule has 0 saturated carbocycles. The number of anilines is 1. The highest BCUT2D eigenvalue weighted by Crippen LogP contribution is 2.14. The molecule has 0 fully saturated rings. The number of amides is 2. The highest BCUT2D eigenvalue weighted by atomic mass is 16.2. The number of benzene rings is 3. The number of hydrazone groups is 1. The van der Waals surface area contributed by atoms with Crippen LogP contribution in [0.15, 0.2) is 84.0 Å². The summed E-state index contributed by atoms with van der Waals surface area (Å²) < 4.78 is 0. The molecule has 0 aromatic heterocycles. The van der Waals surface area contributed by atoms with Gasteiger partial charge in [0.25, 0.3) is 11.8 Å². The predicted octanol–water partition coefficient (Wildman–Crippen LogP) is 4.60. The Balaban J connectivity index is 1.54. The molecular formula is C24H23N3O2. The van der Waals surface area contributed by atoms with Crippen molar-refractivity contribution < 1.29 is 9.59 Å². The third kappa shape index (κ3) is 5.87. The lowest BCUT2D eigenvalue weighted by atomic mass is 10.1. The Bertz CT molecular complexity index is 1010. The van der Waals surface area contributed by atoms with Gasteiger partial charge in [-0.3, -0.25) is 9.59 Å². The molecule has 5 heteroatoms. The Labute approximate surface area is 170 Å². The Morgan fingerprint density at radius 3 is 2.45 bits per heavy atom. The topological polar surface area (TPSA) is 70.6 Å². The smallest absolute Gasteiger partial charge is 0.271 e. The zero-order valence-electron chi connectivity index (χ0n) is 16.3. The van der Waals surface area contributed by atoms with E-state index in [-0.39, 0.29) is 11.8 Å². The van der Waals surface area contributed by atoms with Gasteiger partial charge in [0.05, 0.1) is 0 Å². The Hall–Kier alpha value is -3.73. The molecule has 5 nitrogen and oxygen atoms in total. The van der Waals surface area contributed by atoms with E-state index in [1.807, 2.05) is 43.3 Å². The Morgan fingerprint density at radius 2 is 1.66 bits per heavy atom. The van der Waals surface area contributed by atoms with Gasteiger partial charge in [-0.05, 0) is 55.2 Å². The molecule has 0 radical (unpaired) electrons. The quantitative estimate of drug-likeness (QED) is 0.461. The van der Waals surface area contributed by atoms with E-state index >= 15 is 0 Å². The maximum atomic E-state index is 12.4. The summed E-state index contributed by atoms with van der Waals surface area (Å²) in [5, 5.41) is 6.83. The molecule has 146 valence electrons. The number of nitrogens with zero attached hydrogens (tertiary/aromatic N) is 1. The molecular weight excluding hydrogens is 362 g/mol. The maximum absolute atomic E-state index is 12.4. The molecule has 0 saturated heterocycles. The molecule has 0 aliphatic rings. The summed E-state index contributed by atoms with van der Waals surface area (Å²) in [5.74, 6) is -0.535. The molecule has 0 spiro atoms. The zero-order valence-corrected chi connectivity index (χ0v) is 16.3. The second kappa shape index (κ2) is 9.99. The van der Waals surface area contributed by atoms with Gasteiger partial charge in [-0.15, -0.1) is 0 Å². The van der Waals surface area contributed by atoms with E-state index < -0.39 is 0 Å². The van der Waals surface area contributed by atoms with Crippen LogP contribution in [-0.2, 0) is 6.42 Å². The highest BCUT2D eigenvalue weighted by Gasteiger charge is 2.10. The number of carbonyl (C=O) groups is 2. The number of carbonyl (C=O) groups excluding carboxylic acids is 2. The fourth-order valence-electron chi connectivity index (χ4n) is 2.87. The Morgan fingerprint density at radius 1 is 0.897 bits per heavy atom. The third-order valence-corrected chi connectivity index (χ3v) is 4.43. The van der Waals surface area contributed by atoms with Crippen LogP contribution in [0.4, 0.5) is 5.69 Å². The fraction of sp³-hybridized carbons (Fsp3) is 0.125. The van der Waals surface area contributed by atoms with Crippen LogP contribution in [0.25, 0.3) is 0 Å². The summed E-state index contributed by atoms with van der Waals surface area (Å²) in [7, 11) is 0. The largest absolute Gasteiger partial charge is 0.322 e. The molecule has 3 aromatic rings. The first-order chi connectivity index (χ1) is 14.1. The molecule has 0 aliphatic carbocycles. The van der Waals surface area contributed by atoms with Gasteiger partial charge >= 0.3 is 0 Å². The average Bonchev–Trinajstić information content (AvgIpc) is 2.74. The van der Waals surface area contributed by atoms with Crippen LogP contribution in [0.5, 0.6) is 0 Å². The van der Waals surface area contributed by atoms with E-state index in [2.05, 4.69) is 28.0 Å². The summed E-state index contributed by atoms with van der Waals surface area (Å²) in [4.78, 5) is 24.7. The van der Waals surface area contributed by atoms with Gasteiger partial charge in [-0.25, -0.2) is 5.43 Å². The van der Waals surface area contributed by atoms with Gasteiger partial charge < -0.3 is 5.32 Å². The monoisotopic (exact) mass is 385 g/mol. The van der Waals surface area contributed by atoms with Crippen molar-refractivity contribution >= 4 is 23.7 Å². The fourth-order valence-corrected chi connectivity index (χ4v) is 2.87. The minimum absolute atomic E-state index is 0.209. The highest BCUT2D eigenvalue weighted by molar-refractivity contribution is 6.06. The van der Waals surface area contributed by atoms with E-state index in [4.69, 9.17) is 0 Å². The van der Waals surface area contributed by atoms with Crippen LogP contribution >= 0.6 is 0 Å². The maximum Gasteiger partial charge on any atom is 0.271 e. The summed E-state index contributed by atoms with van der Waals surface area (Å²) >= 11 is 0. The number of hydrogen-bond acceptors (Lipinski definition) is 3. The minimum Gasteiger partial charge on any atom is -0.322 e. The summed E-state index contributed by atoms with van der Waals surface area (Å²) in [6.07, 6.45) is 3.28. The van der Waals surface area contributed by atoms with Gasteiger partial charge in [0.1, 0.15) is 0 Å². The lowest BCUT2D eigenvalue weighted by Crippen LogP contribution is -2.18. The van der Waals surface area contributed by atoms with Crippen molar-refractivity contribution in [2.75, 3.05) is 5.32 Å². The van der Waals surface area contributed by atoms with Crippen molar-refractivity contribution in [3.05, 3.63) is 101 Å². The molecule has 3 rings (SSSR count). The SMILES string of the molecule is Cc1ccccc1C(=O)Nc1cccc(C(=O)N/N=C/CCc2ccccc2)c1. The first-order valence-corrected chi connectivity index (χ1v) is 9.46. The molecule has 2 amide bonds. The molecule has 3 aromatic carbocycles. The summed E-state index contributed by atoms with van der Waals surface area (Å²) in [5.41, 5.74) is 6.22. The first-order valence-electron chi connectivity index (χ1n) is 9.46. The van der Waals surface area contributed by atoms with Gasteiger partial charge in [-0.2, -0.15) is 5.10 Å². The predicted molar refractivity (Wildman–Crippen MR) is 116 cm³/mol. The van der Waals surface area contributed by atoms with Gasteiger partial charge in [0.15, 0.2) is 0 Å². The lowest BCUT2D eigenvalue weighted by Gasteiger charge is -2.08. The molecule has 0 unspecified atom stereocenters. The minimum atomic E-state index is -0.326. The number of aryl methyl sites for hydroxylation is 2. The van der Waals surface area contributed by atoms with Crippen molar-refractivity contribution in [2.45, 2.75) is 19.8 Å². The molecule has 0 atom stereocenters. The zero-order chi connectivity index (χ0) is 20.5. The van der Waals surface area contributed by atoms with Crippen molar-refractivity contribution in [1.82, 2.24) is 5.43 Å².